The number of hydrogen-bond donors (Lipinski definition) is 2. The number of benzene rings is 2. The van der Waals surface area contributed by atoms with Crippen LogP contribution in [-0.4, -0.2) is 12.6 Å². The molecule has 1 aliphatic carbocycles. The molecule has 1 unspecified atom stereocenters. The van der Waals surface area contributed by atoms with Crippen LogP contribution < -0.4 is 21.5 Å². The van der Waals surface area contributed by atoms with E-state index in [1.807, 2.05) is 30.5 Å². The number of rotatable bonds is 11. The van der Waals surface area contributed by atoms with Gasteiger partial charge in [0.25, 0.3) is 0 Å². The highest BCUT2D eigenvalue weighted by molar-refractivity contribution is 5.55. The van der Waals surface area contributed by atoms with Crippen molar-refractivity contribution in [3.05, 3.63) is 121 Å². The first-order valence-electron chi connectivity index (χ1n) is 11.9. The Labute approximate surface area is 205 Å². The summed E-state index contributed by atoms with van der Waals surface area (Å²) in [7, 11) is 2.14. The van der Waals surface area contributed by atoms with Crippen LogP contribution in [0.4, 0.5) is 11.4 Å². The van der Waals surface area contributed by atoms with Crippen molar-refractivity contribution in [2.45, 2.75) is 38.1 Å². The fraction of sp³-hybridized carbons (Fsp3) is 0.267. The van der Waals surface area contributed by atoms with E-state index in [1.165, 1.54) is 11.3 Å². The van der Waals surface area contributed by atoms with Crippen molar-refractivity contribution in [2.24, 2.45) is 17.5 Å². The van der Waals surface area contributed by atoms with Gasteiger partial charge in [-0.05, 0) is 67.0 Å². The number of para-hydroxylation sites is 1. The highest BCUT2D eigenvalue weighted by atomic mass is 15.4. The van der Waals surface area contributed by atoms with Crippen molar-refractivity contribution in [2.75, 3.05) is 17.0 Å². The molecule has 0 fully saturated rings. The van der Waals surface area contributed by atoms with Crippen LogP contribution in [0, 0.1) is 5.92 Å². The van der Waals surface area contributed by atoms with Crippen LogP contribution in [0.15, 0.2) is 116 Å². The zero-order valence-electron chi connectivity index (χ0n) is 20.5. The third kappa shape index (κ3) is 6.30. The molecule has 0 saturated heterocycles. The van der Waals surface area contributed by atoms with E-state index in [0.717, 1.165) is 36.2 Å². The van der Waals surface area contributed by atoms with E-state index >= 15 is 0 Å². The molecule has 1 aliphatic rings. The highest BCUT2D eigenvalue weighted by Gasteiger charge is 2.31. The summed E-state index contributed by atoms with van der Waals surface area (Å²) in [5.41, 5.74) is 11.3. The summed E-state index contributed by atoms with van der Waals surface area (Å²) in [6.07, 6.45) is 16.1. The molecule has 0 spiro atoms. The van der Waals surface area contributed by atoms with Gasteiger partial charge in [0, 0.05) is 24.6 Å². The molecule has 4 N–H and O–H groups in total. The maximum atomic E-state index is 6.40. The smallest absolute Gasteiger partial charge is 0.0771 e. The van der Waals surface area contributed by atoms with Gasteiger partial charge in [0.05, 0.1) is 11.2 Å². The summed E-state index contributed by atoms with van der Waals surface area (Å²) < 4.78 is 0. The molecular weight excluding hydrogens is 416 g/mol. The lowest BCUT2D eigenvalue weighted by molar-refractivity contribution is 0.466. The summed E-state index contributed by atoms with van der Waals surface area (Å²) >= 11 is 0. The molecule has 4 heteroatoms. The molecule has 0 bridgehead atoms. The van der Waals surface area contributed by atoms with Crippen molar-refractivity contribution < 1.29 is 0 Å². The lowest BCUT2D eigenvalue weighted by Crippen LogP contribution is -2.44. The Balaban J connectivity index is 1.69. The van der Waals surface area contributed by atoms with Gasteiger partial charge >= 0.3 is 0 Å². The summed E-state index contributed by atoms with van der Waals surface area (Å²) in [5, 5.41) is 1.60. The lowest BCUT2D eigenvalue weighted by atomic mass is 9.82. The second kappa shape index (κ2) is 11.6. The molecule has 0 radical (unpaired) electrons. The molecule has 0 aromatic heterocycles. The van der Waals surface area contributed by atoms with Crippen molar-refractivity contribution in [1.82, 2.24) is 0 Å². The van der Waals surface area contributed by atoms with Crippen LogP contribution in [0.3, 0.4) is 0 Å². The minimum Gasteiger partial charge on any atom is -0.401 e. The summed E-state index contributed by atoms with van der Waals surface area (Å²) in [6, 6.07) is 18.7. The topological polar surface area (TPSA) is 58.5 Å². The van der Waals surface area contributed by atoms with Crippen molar-refractivity contribution in [3.63, 3.8) is 0 Å². The predicted octanol–water partition coefficient (Wildman–Crippen LogP) is 6.26. The number of hydrazine groups is 1. The molecular formula is C30H38N4. The van der Waals surface area contributed by atoms with Gasteiger partial charge in [-0.15, -0.1) is 6.58 Å². The number of likely N-dealkylation sites (N-methyl/N-ethyl adjacent to an activating group) is 1. The Bertz CT molecular complexity index is 1030. The van der Waals surface area contributed by atoms with E-state index in [1.54, 1.807) is 5.01 Å². The number of nitrogens with two attached hydrogens (primary N) is 2. The van der Waals surface area contributed by atoms with Gasteiger partial charge in [0.1, 0.15) is 0 Å². The van der Waals surface area contributed by atoms with Gasteiger partial charge < -0.3 is 10.6 Å². The molecule has 4 nitrogen and oxygen atoms in total. The third-order valence-electron chi connectivity index (χ3n) is 6.63. The first kappa shape index (κ1) is 25.1. The lowest BCUT2D eigenvalue weighted by Gasteiger charge is -2.41. The molecule has 0 aliphatic heterocycles. The van der Waals surface area contributed by atoms with Crippen molar-refractivity contribution in [3.8, 4) is 0 Å². The van der Waals surface area contributed by atoms with Crippen LogP contribution in [0.2, 0.25) is 0 Å². The molecule has 178 valence electrons. The molecule has 0 heterocycles. The van der Waals surface area contributed by atoms with Crippen LogP contribution in [-0.2, 0) is 6.42 Å². The normalized spacial score (nSPS) is 15.7. The van der Waals surface area contributed by atoms with Gasteiger partial charge in [-0.1, -0.05) is 74.2 Å². The Morgan fingerprint density at radius 1 is 1.03 bits per heavy atom. The largest absolute Gasteiger partial charge is 0.401 e. The van der Waals surface area contributed by atoms with Crippen LogP contribution in [0.1, 0.15) is 31.7 Å². The van der Waals surface area contributed by atoms with E-state index < -0.39 is 0 Å². The van der Waals surface area contributed by atoms with Crippen LogP contribution in [0.5, 0.6) is 0 Å². The van der Waals surface area contributed by atoms with Crippen molar-refractivity contribution >= 4 is 11.4 Å². The van der Waals surface area contributed by atoms with E-state index in [0.29, 0.717) is 6.42 Å². The first-order valence-corrected chi connectivity index (χ1v) is 11.9. The minimum absolute atomic E-state index is 0.233. The zero-order chi connectivity index (χ0) is 24.6. The molecule has 1 atom stereocenters. The number of allylic oxidation sites excluding steroid dienone is 5. The van der Waals surface area contributed by atoms with Gasteiger partial charge in [-0.25, -0.2) is 5.84 Å². The predicted molar refractivity (Wildman–Crippen MR) is 147 cm³/mol. The quantitative estimate of drug-likeness (QED) is 0.239. The Hall–Kier alpha value is -3.50. The third-order valence-corrected chi connectivity index (χ3v) is 6.63. The van der Waals surface area contributed by atoms with E-state index in [-0.39, 0.29) is 11.5 Å². The molecule has 34 heavy (non-hydrogen) atoms. The van der Waals surface area contributed by atoms with E-state index in [2.05, 4.69) is 92.7 Å². The minimum atomic E-state index is -0.233. The van der Waals surface area contributed by atoms with Crippen molar-refractivity contribution in [1.29, 1.82) is 0 Å². The van der Waals surface area contributed by atoms with E-state index in [4.69, 9.17) is 11.6 Å². The SMILES string of the molecule is C=CC(CCC1(N(C)c2ccccc2)C=CC(=C)C=C1)C/C(N)=C/N(N)c1ccc(CC)cc1. The highest BCUT2D eigenvalue weighted by Crippen LogP contribution is 2.34. The average Bonchev–Trinajstić information content (AvgIpc) is 2.87. The molecule has 2 aromatic carbocycles. The number of aryl methyl sites for hydroxylation is 1. The van der Waals surface area contributed by atoms with E-state index in [9.17, 15) is 0 Å². The zero-order valence-corrected chi connectivity index (χ0v) is 20.5. The average molecular weight is 455 g/mol. The Kier molecular flexibility index (Phi) is 8.55. The Morgan fingerprint density at radius 3 is 2.26 bits per heavy atom. The fourth-order valence-electron chi connectivity index (χ4n) is 4.30. The molecule has 0 amide bonds. The van der Waals surface area contributed by atoms with Crippen LogP contribution >= 0.6 is 0 Å². The van der Waals surface area contributed by atoms with Gasteiger partial charge in [0.15, 0.2) is 0 Å². The number of nitrogens with zero attached hydrogens (tertiary/aromatic N) is 2. The summed E-state index contributed by atoms with van der Waals surface area (Å²) in [4.78, 5) is 2.33. The summed E-state index contributed by atoms with van der Waals surface area (Å²) in [5.74, 6) is 6.49. The molecule has 3 rings (SSSR count). The maximum Gasteiger partial charge on any atom is 0.0771 e. The standard InChI is InChI=1S/C30H38N4/c1-5-25-12-14-29(15-13-25)34(32)23-27(31)22-26(6-2)18-21-30(19-16-24(3)17-20-30)33(4)28-10-8-7-9-11-28/h6-17,19-20,23,26H,2-3,5,18,21-22,31-32H2,1,4H3/b27-23-. The number of hydrogen-bond acceptors (Lipinski definition) is 4. The van der Waals surface area contributed by atoms with Gasteiger partial charge in [-0.3, -0.25) is 5.01 Å². The summed E-state index contributed by atoms with van der Waals surface area (Å²) in [6.45, 7) is 10.3. The second-order valence-electron chi connectivity index (χ2n) is 9.00. The first-order chi connectivity index (χ1) is 16.4. The maximum absolute atomic E-state index is 6.40. The monoisotopic (exact) mass is 454 g/mol. The second-order valence-corrected chi connectivity index (χ2v) is 9.00. The van der Waals surface area contributed by atoms with Gasteiger partial charge in [-0.2, -0.15) is 0 Å². The van der Waals surface area contributed by atoms with Gasteiger partial charge in [0.2, 0.25) is 0 Å². The molecule has 2 aromatic rings. The molecule has 0 saturated carbocycles. The fourth-order valence-corrected chi connectivity index (χ4v) is 4.30. The Morgan fingerprint density at radius 2 is 1.68 bits per heavy atom. The van der Waals surface area contributed by atoms with Crippen LogP contribution in [0.25, 0.3) is 0 Å². The number of anilines is 2.